The fourth-order valence-corrected chi connectivity index (χ4v) is 11.7. The van der Waals surface area contributed by atoms with Crippen LogP contribution in [0.1, 0.15) is 65.5 Å². The van der Waals surface area contributed by atoms with E-state index in [4.69, 9.17) is 11.5 Å². The number of sulfone groups is 2. The van der Waals surface area contributed by atoms with Crippen molar-refractivity contribution in [2.24, 2.45) is 0 Å². The summed E-state index contributed by atoms with van der Waals surface area (Å²) in [6.45, 7) is 0. The van der Waals surface area contributed by atoms with Crippen molar-refractivity contribution in [1.29, 1.82) is 0 Å². The second-order valence-electron chi connectivity index (χ2n) is 21.4. The molecule has 4 aliphatic heterocycles. The molecular formula is C65H55F9N6O8S2. The summed E-state index contributed by atoms with van der Waals surface area (Å²) in [5.74, 6) is -0.110. The van der Waals surface area contributed by atoms with Crippen molar-refractivity contribution >= 4 is 77.4 Å². The second-order valence-corrected chi connectivity index (χ2v) is 25.4. The van der Waals surface area contributed by atoms with Gasteiger partial charge < -0.3 is 32.7 Å². The van der Waals surface area contributed by atoms with Gasteiger partial charge in [-0.15, -0.1) is 0 Å². The first-order chi connectivity index (χ1) is 42.3. The molecule has 4 heterocycles. The Balaban J connectivity index is 0.000000143. The molecule has 0 saturated carbocycles. The molecule has 4 amide bonds. The van der Waals surface area contributed by atoms with Gasteiger partial charge in [-0.2, -0.15) is 39.5 Å². The van der Waals surface area contributed by atoms with Gasteiger partial charge in [-0.3, -0.25) is 19.2 Å². The Bertz CT molecular complexity index is 4330. The highest BCUT2D eigenvalue weighted by molar-refractivity contribution is 7.92. The average molecular weight is 1280 g/mol. The number of amides is 4. The molecule has 468 valence electrons. The number of halogens is 9. The minimum atomic E-state index is -5.35. The summed E-state index contributed by atoms with van der Waals surface area (Å²) in [6.07, 6.45) is -2.54. The Morgan fingerprint density at radius 2 is 0.733 bits per heavy atom. The van der Waals surface area contributed by atoms with E-state index in [0.717, 1.165) is 104 Å². The molecule has 0 bridgehead atoms. The van der Waals surface area contributed by atoms with Crippen LogP contribution in [0.25, 0.3) is 44.5 Å². The molecule has 8 aromatic rings. The van der Waals surface area contributed by atoms with Crippen LogP contribution in [0, 0.1) is 0 Å². The number of hydrogen-bond donors (Lipinski definition) is 6. The van der Waals surface area contributed by atoms with E-state index >= 15 is 0 Å². The summed E-state index contributed by atoms with van der Waals surface area (Å²) >= 11 is 0. The minimum Gasteiger partial charge on any atom is -0.398 e. The zero-order valence-electron chi connectivity index (χ0n) is 47.5. The van der Waals surface area contributed by atoms with Crippen molar-refractivity contribution in [2.45, 2.75) is 85.4 Å². The SMILES string of the molecule is CS(=O)(=O)c1ccc(-c2ccc3c(c2)CCC(=O)N3)cc1.Nc1cc(-c2ccc(C(F)(F)F)cc2)cc2c1NC(=O)CC2.Nc1cc(-c2ccc3c(c2)CCC(=O)N3)ccc1C(F)(F)F.O=C1CCCc2cc(-c3ccc(S(=O)(=O)C(F)(F)F)cc3)ccc2N1. The third-order valence-electron chi connectivity index (χ3n) is 15.0. The van der Waals surface area contributed by atoms with E-state index < -0.39 is 53.6 Å². The van der Waals surface area contributed by atoms with Gasteiger partial charge >= 0.3 is 17.9 Å². The number of anilines is 6. The van der Waals surface area contributed by atoms with Crippen LogP contribution in [0.15, 0.2) is 168 Å². The third kappa shape index (κ3) is 15.5. The lowest BCUT2D eigenvalue weighted by molar-refractivity contribution is -0.138. The van der Waals surface area contributed by atoms with Crippen molar-refractivity contribution in [3.63, 3.8) is 0 Å². The smallest absolute Gasteiger partial charge is 0.398 e. The van der Waals surface area contributed by atoms with Crippen molar-refractivity contribution in [3.05, 3.63) is 191 Å². The fraction of sp³-hybridized carbons (Fsp3) is 0.200. The van der Waals surface area contributed by atoms with Gasteiger partial charge in [0.1, 0.15) is 0 Å². The molecule has 0 saturated heterocycles. The minimum absolute atomic E-state index is 0.0287. The van der Waals surface area contributed by atoms with Gasteiger partial charge in [0.05, 0.1) is 32.3 Å². The van der Waals surface area contributed by atoms with E-state index in [1.165, 1.54) is 42.7 Å². The highest BCUT2D eigenvalue weighted by Crippen LogP contribution is 2.40. The van der Waals surface area contributed by atoms with Crippen LogP contribution in [-0.4, -0.2) is 52.2 Å². The second kappa shape index (κ2) is 25.9. The first-order valence-corrected chi connectivity index (χ1v) is 31.1. The Kier molecular flexibility index (Phi) is 18.7. The van der Waals surface area contributed by atoms with Crippen molar-refractivity contribution in [3.8, 4) is 44.5 Å². The number of nitrogens with two attached hydrogens (primary N) is 2. The predicted octanol–water partition coefficient (Wildman–Crippen LogP) is 14.2. The average Bonchev–Trinajstić information content (AvgIpc) is 1.50. The number of nitrogen functional groups attached to an aromatic ring is 2. The van der Waals surface area contributed by atoms with Crippen LogP contribution in [0.3, 0.4) is 0 Å². The molecule has 0 radical (unpaired) electrons. The number of carbonyl (C=O) groups is 4. The quantitative estimate of drug-likeness (QED) is 0.0680. The molecule has 14 nitrogen and oxygen atoms in total. The predicted molar refractivity (Wildman–Crippen MR) is 325 cm³/mol. The van der Waals surface area contributed by atoms with Crippen LogP contribution in [0.4, 0.5) is 73.6 Å². The van der Waals surface area contributed by atoms with E-state index in [-0.39, 0.29) is 29.3 Å². The van der Waals surface area contributed by atoms with Gasteiger partial charge in [-0.25, -0.2) is 16.8 Å². The zero-order valence-corrected chi connectivity index (χ0v) is 49.1. The summed E-state index contributed by atoms with van der Waals surface area (Å²) in [5.41, 5.74) is 17.7. The maximum Gasteiger partial charge on any atom is 0.501 e. The summed E-state index contributed by atoms with van der Waals surface area (Å²) in [4.78, 5) is 45.1. The van der Waals surface area contributed by atoms with Gasteiger partial charge in [-0.1, -0.05) is 60.7 Å². The number of carbonyl (C=O) groups excluding carboxylic acids is 4. The van der Waals surface area contributed by atoms with Crippen LogP contribution in [-0.2, 0) is 76.9 Å². The Labute approximate surface area is 510 Å². The number of alkyl halides is 9. The summed E-state index contributed by atoms with van der Waals surface area (Å²) in [6, 6.07) is 40.2. The van der Waals surface area contributed by atoms with Gasteiger partial charge in [0.15, 0.2) is 9.84 Å². The van der Waals surface area contributed by atoms with Gasteiger partial charge in [-0.05, 0) is 196 Å². The normalized spacial score (nSPS) is 14.6. The molecule has 0 aromatic heterocycles. The van der Waals surface area contributed by atoms with E-state index in [0.29, 0.717) is 84.3 Å². The van der Waals surface area contributed by atoms with Crippen LogP contribution < -0.4 is 32.7 Å². The molecule has 0 aliphatic carbocycles. The van der Waals surface area contributed by atoms with E-state index in [2.05, 4.69) is 21.3 Å². The molecule has 8 N–H and O–H groups in total. The van der Waals surface area contributed by atoms with Crippen LogP contribution in [0.2, 0.25) is 0 Å². The molecule has 8 aromatic carbocycles. The zero-order chi connectivity index (χ0) is 65.1. The first-order valence-electron chi connectivity index (χ1n) is 27.7. The lowest BCUT2D eigenvalue weighted by Gasteiger charge is -2.20. The summed E-state index contributed by atoms with van der Waals surface area (Å²) < 4.78 is 159. The van der Waals surface area contributed by atoms with E-state index in [1.54, 1.807) is 54.6 Å². The number of aryl methyl sites for hydroxylation is 4. The van der Waals surface area contributed by atoms with Gasteiger partial charge in [0.25, 0.3) is 9.84 Å². The Hall–Kier alpha value is -9.49. The molecule has 12 rings (SSSR count). The van der Waals surface area contributed by atoms with Crippen LogP contribution >= 0.6 is 0 Å². The lowest BCUT2D eigenvalue weighted by atomic mass is 9.95. The molecule has 0 fully saturated rings. The first kappa shape index (κ1) is 65.0. The molecule has 0 spiro atoms. The largest absolute Gasteiger partial charge is 0.501 e. The maximum absolute atomic E-state index is 12.7. The van der Waals surface area contributed by atoms with Gasteiger partial charge in [0, 0.05) is 54.7 Å². The monoisotopic (exact) mass is 1280 g/mol. The number of hydrogen-bond acceptors (Lipinski definition) is 10. The molecular weight excluding hydrogens is 1230 g/mol. The molecule has 25 heteroatoms. The lowest BCUT2D eigenvalue weighted by Crippen LogP contribution is -2.23. The highest BCUT2D eigenvalue weighted by Gasteiger charge is 2.47. The van der Waals surface area contributed by atoms with E-state index in [9.17, 15) is 75.5 Å². The number of rotatable bonds is 6. The van der Waals surface area contributed by atoms with Crippen molar-refractivity contribution in [1.82, 2.24) is 0 Å². The van der Waals surface area contributed by atoms with Crippen molar-refractivity contribution in [2.75, 3.05) is 39.0 Å². The Morgan fingerprint density at radius 1 is 0.367 bits per heavy atom. The summed E-state index contributed by atoms with van der Waals surface area (Å²) in [7, 11) is -8.52. The third-order valence-corrected chi connectivity index (χ3v) is 17.7. The number of fused-ring (bicyclic) bond motifs is 4. The molecule has 0 atom stereocenters. The number of benzene rings is 8. The molecule has 4 aliphatic rings. The van der Waals surface area contributed by atoms with Crippen LogP contribution in [0.5, 0.6) is 0 Å². The maximum atomic E-state index is 12.7. The highest BCUT2D eigenvalue weighted by atomic mass is 32.2. The fourth-order valence-electron chi connectivity index (χ4n) is 10.3. The van der Waals surface area contributed by atoms with Gasteiger partial charge in [0.2, 0.25) is 23.6 Å². The van der Waals surface area contributed by atoms with E-state index in [1.807, 2.05) is 36.4 Å². The standard InChI is InChI=1S/C17H14F3NO3S.2C16H13F3N2O.C16H15NO3S/c18-17(19,20)25(23,24)14-7-4-11(5-8-14)12-6-9-15-13(10-12)2-1-3-16(22)21-15;17-16(18,19)12-4-1-10(8-13(12)20)9-2-5-14-11(7-9)3-6-15(22)21-14;17-16(18,19)12-4-1-9(2-5-12)11-7-10-3-6-14(22)21-15(10)13(20)8-11;1-21(19,20)14-6-2-11(3-7-14)12-4-8-15-13(10-12)5-9-16(18)17-15/h4-10H,1-3H2,(H,21,22);2*1-2,4-5,7-8H,3,6,20H2,(H,21,22);2-4,6-8,10H,5,9H2,1H3,(H,17,18). The molecule has 0 unspecified atom stereocenters. The van der Waals surface area contributed by atoms with Crippen molar-refractivity contribution < 1.29 is 75.5 Å². The Morgan fingerprint density at radius 3 is 1.19 bits per heavy atom. The summed E-state index contributed by atoms with van der Waals surface area (Å²) in [5, 5.41) is 11.1. The molecule has 90 heavy (non-hydrogen) atoms. The topological polar surface area (TPSA) is 237 Å². The number of nitrogens with one attached hydrogen (secondary N) is 4.